The lowest BCUT2D eigenvalue weighted by molar-refractivity contribution is -0.131. The Hall–Kier alpha value is -2.50. The highest BCUT2D eigenvalue weighted by Crippen LogP contribution is 2.30. The van der Waals surface area contributed by atoms with Gasteiger partial charge >= 0.3 is 5.97 Å². The number of benzene rings is 1. The van der Waals surface area contributed by atoms with Gasteiger partial charge in [-0.2, -0.15) is 0 Å². The average Bonchev–Trinajstić information content (AvgIpc) is 2.53. The molecule has 0 radical (unpaired) electrons. The van der Waals surface area contributed by atoms with Crippen molar-refractivity contribution in [3.05, 3.63) is 41.2 Å². The molecular weight excluding hydrogens is 253 g/mol. The number of aliphatic carboxylic acids is 1. The number of rotatable bonds is 3. The molecule has 0 saturated carbocycles. The van der Waals surface area contributed by atoms with Crippen LogP contribution in [0.4, 0.5) is 10.1 Å². The molecule has 19 heavy (non-hydrogen) atoms. The van der Waals surface area contributed by atoms with Crippen LogP contribution in [0.1, 0.15) is 17.3 Å². The van der Waals surface area contributed by atoms with E-state index in [1.165, 1.54) is 13.0 Å². The molecule has 0 bridgehead atoms. The van der Waals surface area contributed by atoms with Crippen LogP contribution in [0.15, 0.2) is 29.8 Å². The summed E-state index contributed by atoms with van der Waals surface area (Å²) in [6.45, 7) is 1.45. The first-order valence-corrected chi connectivity index (χ1v) is 5.46. The molecule has 98 valence electrons. The van der Waals surface area contributed by atoms with Gasteiger partial charge in [-0.05, 0) is 30.7 Å². The molecule has 1 aromatic carbocycles. The summed E-state index contributed by atoms with van der Waals surface area (Å²) < 4.78 is 13.2. The van der Waals surface area contributed by atoms with Crippen molar-refractivity contribution in [2.45, 2.75) is 6.92 Å². The minimum absolute atomic E-state index is 0.0622. The lowest BCUT2D eigenvalue weighted by Gasteiger charge is -2.16. The lowest BCUT2D eigenvalue weighted by Crippen LogP contribution is -2.31. The van der Waals surface area contributed by atoms with Crippen LogP contribution in [0.5, 0.6) is 0 Å². The van der Waals surface area contributed by atoms with Gasteiger partial charge in [-0.1, -0.05) is 0 Å². The molecule has 0 aromatic heterocycles. The zero-order chi connectivity index (χ0) is 14.2. The molecule has 5 nitrogen and oxygen atoms in total. The Morgan fingerprint density at radius 3 is 2.74 bits per heavy atom. The van der Waals surface area contributed by atoms with Crippen molar-refractivity contribution in [1.82, 2.24) is 0 Å². The van der Waals surface area contributed by atoms with Crippen LogP contribution in [-0.2, 0) is 9.59 Å². The number of anilines is 1. The van der Waals surface area contributed by atoms with E-state index in [0.717, 1.165) is 23.1 Å². The molecule has 0 fully saturated rings. The molecule has 0 saturated heterocycles. The van der Waals surface area contributed by atoms with Crippen molar-refractivity contribution in [1.29, 1.82) is 0 Å². The average molecular weight is 263 g/mol. The van der Waals surface area contributed by atoms with Gasteiger partial charge in [0.15, 0.2) is 0 Å². The van der Waals surface area contributed by atoms with Gasteiger partial charge in [0.25, 0.3) is 11.7 Å². The number of hydrogen-bond donors (Lipinski definition) is 1. The van der Waals surface area contributed by atoms with E-state index in [4.69, 9.17) is 5.11 Å². The van der Waals surface area contributed by atoms with Gasteiger partial charge in [-0.15, -0.1) is 0 Å². The van der Waals surface area contributed by atoms with Gasteiger partial charge in [-0.3, -0.25) is 9.59 Å². The highest BCUT2D eigenvalue weighted by Gasteiger charge is 2.35. The number of carboxylic acids is 1. The first-order chi connectivity index (χ1) is 8.90. The van der Waals surface area contributed by atoms with Gasteiger partial charge in [0.05, 0.1) is 11.3 Å². The van der Waals surface area contributed by atoms with Crippen molar-refractivity contribution in [2.75, 3.05) is 11.4 Å². The van der Waals surface area contributed by atoms with Crippen molar-refractivity contribution < 1.29 is 23.9 Å². The first kappa shape index (κ1) is 12.9. The monoisotopic (exact) mass is 263 g/mol. The SMILES string of the molecule is CC(=CC(=O)O)CN1C(=O)C(=O)c2ccc(F)cc21. The Labute approximate surface area is 107 Å². The van der Waals surface area contributed by atoms with Crippen LogP contribution in [0, 0.1) is 5.82 Å². The number of amides is 1. The molecule has 0 aliphatic carbocycles. The fraction of sp³-hybridized carbons (Fsp3) is 0.154. The highest BCUT2D eigenvalue weighted by atomic mass is 19.1. The number of hydrogen-bond acceptors (Lipinski definition) is 3. The topological polar surface area (TPSA) is 74.7 Å². The molecule has 0 spiro atoms. The van der Waals surface area contributed by atoms with E-state index in [-0.39, 0.29) is 17.8 Å². The second kappa shape index (κ2) is 4.64. The summed E-state index contributed by atoms with van der Waals surface area (Å²) in [6.07, 6.45) is 0.940. The molecule has 1 amide bonds. The van der Waals surface area contributed by atoms with E-state index >= 15 is 0 Å². The number of Topliss-reactive ketones (excluding diaryl/α,β-unsaturated/α-hetero) is 1. The Morgan fingerprint density at radius 1 is 1.42 bits per heavy atom. The first-order valence-electron chi connectivity index (χ1n) is 5.46. The second-order valence-electron chi connectivity index (χ2n) is 4.21. The quantitative estimate of drug-likeness (QED) is 0.660. The van der Waals surface area contributed by atoms with Crippen LogP contribution >= 0.6 is 0 Å². The maximum atomic E-state index is 13.2. The molecule has 2 rings (SSSR count). The van der Waals surface area contributed by atoms with Crippen LogP contribution in [0.2, 0.25) is 0 Å². The van der Waals surface area contributed by atoms with Crippen molar-refractivity contribution in [3.8, 4) is 0 Å². The van der Waals surface area contributed by atoms with E-state index in [0.29, 0.717) is 5.57 Å². The largest absolute Gasteiger partial charge is 0.478 e. The smallest absolute Gasteiger partial charge is 0.328 e. The Morgan fingerprint density at radius 2 is 2.11 bits per heavy atom. The van der Waals surface area contributed by atoms with E-state index in [9.17, 15) is 18.8 Å². The minimum atomic E-state index is -1.14. The summed E-state index contributed by atoms with van der Waals surface area (Å²) in [6, 6.07) is 3.45. The van der Waals surface area contributed by atoms with Crippen LogP contribution < -0.4 is 4.90 Å². The number of carbonyl (C=O) groups excluding carboxylic acids is 2. The number of carboxylic acid groups (broad SMARTS) is 1. The summed E-state index contributed by atoms with van der Waals surface area (Å²) in [5.74, 6) is -3.20. The fourth-order valence-electron chi connectivity index (χ4n) is 1.93. The predicted octanol–water partition coefficient (Wildman–Crippen LogP) is 1.39. The summed E-state index contributed by atoms with van der Waals surface area (Å²) in [5, 5.41) is 8.61. The number of ketones is 1. The lowest BCUT2D eigenvalue weighted by atomic mass is 10.1. The molecule has 1 heterocycles. The Bertz CT molecular complexity index is 621. The van der Waals surface area contributed by atoms with E-state index < -0.39 is 23.5 Å². The van der Waals surface area contributed by atoms with Crippen molar-refractivity contribution in [2.24, 2.45) is 0 Å². The second-order valence-corrected chi connectivity index (χ2v) is 4.21. The number of halogens is 1. The van der Waals surface area contributed by atoms with Crippen LogP contribution in [0.3, 0.4) is 0 Å². The van der Waals surface area contributed by atoms with Gasteiger partial charge in [0, 0.05) is 12.6 Å². The maximum absolute atomic E-state index is 13.2. The standard InChI is InChI=1S/C13H10FNO4/c1-7(4-11(16)17)6-15-10-5-8(14)2-3-9(10)12(18)13(15)19/h2-5H,6H2,1H3,(H,16,17). The Balaban J connectivity index is 2.38. The molecule has 1 aliphatic heterocycles. The predicted molar refractivity (Wildman–Crippen MR) is 64.5 cm³/mol. The summed E-state index contributed by atoms with van der Waals surface area (Å²) in [7, 11) is 0. The van der Waals surface area contributed by atoms with Gasteiger partial charge in [-0.25, -0.2) is 9.18 Å². The third-order valence-corrected chi connectivity index (χ3v) is 2.71. The summed E-state index contributed by atoms with van der Waals surface area (Å²) in [4.78, 5) is 35.0. The molecular formula is C13H10FNO4. The normalized spacial score (nSPS) is 14.8. The van der Waals surface area contributed by atoms with Crippen LogP contribution in [0.25, 0.3) is 0 Å². The van der Waals surface area contributed by atoms with E-state index in [2.05, 4.69) is 0 Å². The van der Waals surface area contributed by atoms with Gasteiger partial charge < -0.3 is 10.0 Å². The number of fused-ring (bicyclic) bond motifs is 1. The van der Waals surface area contributed by atoms with Crippen LogP contribution in [-0.4, -0.2) is 29.3 Å². The summed E-state index contributed by atoms with van der Waals surface area (Å²) in [5.41, 5.74) is 0.688. The van der Waals surface area contributed by atoms with E-state index in [1.807, 2.05) is 0 Å². The highest BCUT2D eigenvalue weighted by molar-refractivity contribution is 6.52. The molecule has 0 unspecified atom stereocenters. The fourth-order valence-corrected chi connectivity index (χ4v) is 1.93. The maximum Gasteiger partial charge on any atom is 0.328 e. The zero-order valence-electron chi connectivity index (χ0n) is 10.0. The molecule has 6 heteroatoms. The molecule has 0 atom stereocenters. The number of carbonyl (C=O) groups is 3. The molecule has 1 aromatic rings. The zero-order valence-corrected chi connectivity index (χ0v) is 10.0. The van der Waals surface area contributed by atoms with Crippen molar-refractivity contribution >= 4 is 23.3 Å². The molecule has 1 N–H and O–H groups in total. The van der Waals surface area contributed by atoms with Gasteiger partial charge in [0.2, 0.25) is 0 Å². The Kier molecular flexibility index (Phi) is 3.16. The molecule has 1 aliphatic rings. The minimum Gasteiger partial charge on any atom is -0.478 e. The summed E-state index contributed by atoms with van der Waals surface area (Å²) >= 11 is 0. The number of nitrogens with zero attached hydrogens (tertiary/aromatic N) is 1. The third-order valence-electron chi connectivity index (χ3n) is 2.71. The van der Waals surface area contributed by atoms with Gasteiger partial charge in [0.1, 0.15) is 5.82 Å². The van der Waals surface area contributed by atoms with E-state index in [1.54, 1.807) is 0 Å². The third kappa shape index (κ3) is 2.37. The van der Waals surface area contributed by atoms with Crippen molar-refractivity contribution in [3.63, 3.8) is 0 Å².